The Morgan fingerprint density at radius 3 is 2.48 bits per heavy atom. The summed E-state index contributed by atoms with van der Waals surface area (Å²) in [6, 6.07) is 9.27. The molecule has 0 spiro atoms. The number of hydrogen-bond acceptors (Lipinski definition) is 10. The van der Waals surface area contributed by atoms with Crippen LogP contribution in [0.1, 0.15) is 55.3 Å². The van der Waals surface area contributed by atoms with Gasteiger partial charge in [0.05, 0.1) is 36.6 Å². The van der Waals surface area contributed by atoms with E-state index in [1.165, 1.54) is 19.1 Å². The van der Waals surface area contributed by atoms with Gasteiger partial charge in [0.1, 0.15) is 14.7 Å². The van der Waals surface area contributed by atoms with Crippen LogP contribution in [0.3, 0.4) is 0 Å². The second-order valence-corrected chi connectivity index (χ2v) is 12.2. The molecule has 1 aliphatic rings. The molecule has 1 aliphatic carbocycles. The smallest absolute Gasteiger partial charge is 0.348 e. The number of para-hydroxylation sites is 1. The Balaban J connectivity index is 1.48. The molecule has 0 radical (unpaired) electrons. The fourth-order valence-electron chi connectivity index (χ4n) is 4.79. The number of aromatic nitrogens is 2. The summed E-state index contributed by atoms with van der Waals surface area (Å²) in [4.78, 5) is 58.6. The quantitative estimate of drug-likeness (QED) is 0.130. The molecule has 1 N–H and O–H groups in total. The van der Waals surface area contributed by atoms with Gasteiger partial charge >= 0.3 is 11.9 Å². The van der Waals surface area contributed by atoms with Crippen LogP contribution in [-0.4, -0.2) is 47.4 Å². The molecule has 5 rings (SSSR count). The molecule has 0 bridgehead atoms. The van der Waals surface area contributed by atoms with Crippen LogP contribution in [-0.2, 0) is 27.1 Å². The van der Waals surface area contributed by atoms with E-state index < -0.39 is 17.8 Å². The number of carbonyl (C=O) groups excluding carboxylic acids is 3. The normalized spacial score (nSPS) is 13.0. The number of rotatable bonds is 7. The zero-order valence-electron chi connectivity index (χ0n) is 22.2. The molecule has 12 heteroatoms. The minimum absolute atomic E-state index is 0.0824. The Hall–Kier alpha value is -3.48. The molecule has 0 unspecified atom stereocenters. The number of fused-ring (bicyclic) bond motifs is 3. The second kappa shape index (κ2) is 11.9. The first-order valence-electron chi connectivity index (χ1n) is 12.7. The fourth-order valence-corrected chi connectivity index (χ4v) is 8.04. The Morgan fingerprint density at radius 2 is 1.75 bits per heavy atom. The molecule has 0 aliphatic heterocycles. The highest BCUT2D eigenvalue weighted by atomic mass is 32.2. The van der Waals surface area contributed by atoms with Crippen molar-refractivity contribution < 1.29 is 23.9 Å². The van der Waals surface area contributed by atoms with Crippen molar-refractivity contribution in [2.45, 2.75) is 44.2 Å². The van der Waals surface area contributed by atoms with Gasteiger partial charge in [-0.25, -0.2) is 14.6 Å². The van der Waals surface area contributed by atoms with E-state index >= 15 is 0 Å². The van der Waals surface area contributed by atoms with E-state index in [1.54, 1.807) is 22.8 Å². The maximum absolute atomic E-state index is 13.9. The average molecular weight is 598 g/mol. The highest BCUT2D eigenvalue weighted by Gasteiger charge is 2.27. The predicted molar refractivity (Wildman–Crippen MR) is 158 cm³/mol. The van der Waals surface area contributed by atoms with Gasteiger partial charge in [0, 0.05) is 4.88 Å². The van der Waals surface area contributed by atoms with Crippen LogP contribution in [0.4, 0.5) is 5.00 Å². The zero-order chi connectivity index (χ0) is 28.4. The molecular formula is C28H27N3O6S3. The van der Waals surface area contributed by atoms with Crippen molar-refractivity contribution in [2.24, 2.45) is 0 Å². The largest absolute Gasteiger partial charge is 0.465 e. The topological polar surface area (TPSA) is 117 Å². The minimum atomic E-state index is -0.672. The van der Waals surface area contributed by atoms with Crippen molar-refractivity contribution in [3.63, 3.8) is 0 Å². The van der Waals surface area contributed by atoms with Gasteiger partial charge in [0.25, 0.3) is 5.56 Å². The summed E-state index contributed by atoms with van der Waals surface area (Å²) in [5.74, 6) is -1.79. The summed E-state index contributed by atoms with van der Waals surface area (Å²) in [6.07, 6.45) is 5.11. The van der Waals surface area contributed by atoms with Crippen LogP contribution >= 0.6 is 34.4 Å². The standard InChI is InChI=1S/C28H27N3O6S3/c1-15-20(26(34)36-2)23(40-22(15)27(35)37-3)29-19(32)14-38-28-30-24-21(17-12-8-5-9-13-18(17)39-24)25(33)31(28)16-10-6-4-7-11-16/h4,6-7,10-11H,5,8-9,12-14H2,1-3H3,(H,29,32). The Kier molecular flexibility index (Phi) is 8.38. The summed E-state index contributed by atoms with van der Waals surface area (Å²) in [5, 5.41) is 4.00. The summed E-state index contributed by atoms with van der Waals surface area (Å²) in [7, 11) is 2.48. The van der Waals surface area contributed by atoms with E-state index in [2.05, 4.69) is 5.32 Å². The summed E-state index contributed by atoms with van der Waals surface area (Å²) in [6.45, 7) is 1.60. The number of thioether (sulfide) groups is 1. The fraction of sp³-hybridized carbons (Fsp3) is 0.321. The molecule has 1 aromatic carbocycles. The van der Waals surface area contributed by atoms with Crippen LogP contribution in [0, 0.1) is 6.92 Å². The maximum Gasteiger partial charge on any atom is 0.348 e. The van der Waals surface area contributed by atoms with Gasteiger partial charge in [0.2, 0.25) is 5.91 Å². The average Bonchev–Trinajstić information content (AvgIpc) is 3.37. The number of benzene rings is 1. The molecule has 1 amide bonds. The molecule has 4 aromatic rings. The van der Waals surface area contributed by atoms with E-state index in [1.807, 2.05) is 30.3 Å². The van der Waals surface area contributed by atoms with Gasteiger partial charge in [-0.3, -0.25) is 14.2 Å². The third-order valence-corrected chi connectivity index (χ3v) is 10.0. The monoisotopic (exact) mass is 597 g/mol. The number of amides is 1. The molecule has 0 fully saturated rings. The molecule has 9 nitrogen and oxygen atoms in total. The molecule has 208 valence electrons. The van der Waals surface area contributed by atoms with Crippen molar-refractivity contribution in [3.8, 4) is 5.69 Å². The molecular weight excluding hydrogens is 571 g/mol. The number of nitrogens with zero attached hydrogens (tertiary/aromatic N) is 2. The number of anilines is 1. The van der Waals surface area contributed by atoms with E-state index in [-0.39, 0.29) is 26.8 Å². The Morgan fingerprint density at radius 1 is 1.02 bits per heavy atom. The number of nitrogens with one attached hydrogen (secondary N) is 1. The van der Waals surface area contributed by atoms with Crippen LogP contribution in [0.15, 0.2) is 40.3 Å². The van der Waals surface area contributed by atoms with Crippen LogP contribution in [0.25, 0.3) is 15.9 Å². The van der Waals surface area contributed by atoms with Crippen molar-refractivity contribution >= 4 is 67.5 Å². The first-order valence-corrected chi connectivity index (χ1v) is 15.3. The van der Waals surface area contributed by atoms with Gasteiger partial charge in [0.15, 0.2) is 5.16 Å². The lowest BCUT2D eigenvalue weighted by molar-refractivity contribution is -0.113. The highest BCUT2D eigenvalue weighted by Crippen LogP contribution is 2.36. The summed E-state index contributed by atoms with van der Waals surface area (Å²) < 4.78 is 11.3. The number of methoxy groups -OCH3 is 2. The lowest BCUT2D eigenvalue weighted by atomic mass is 10.1. The zero-order valence-corrected chi connectivity index (χ0v) is 24.6. The number of thiophene rings is 2. The lowest BCUT2D eigenvalue weighted by Gasteiger charge is -2.12. The molecule has 3 aromatic heterocycles. The number of carbonyl (C=O) groups is 3. The summed E-state index contributed by atoms with van der Waals surface area (Å²) in [5.41, 5.74) is 2.12. The van der Waals surface area contributed by atoms with Crippen molar-refractivity contribution in [3.05, 3.63) is 67.1 Å². The van der Waals surface area contributed by atoms with Crippen LogP contribution in [0.2, 0.25) is 0 Å². The van der Waals surface area contributed by atoms with E-state index in [0.29, 0.717) is 26.6 Å². The molecule has 0 saturated carbocycles. The van der Waals surface area contributed by atoms with Crippen molar-refractivity contribution in [2.75, 3.05) is 25.3 Å². The second-order valence-electron chi connectivity index (χ2n) is 9.20. The highest BCUT2D eigenvalue weighted by molar-refractivity contribution is 7.99. The predicted octanol–water partition coefficient (Wildman–Crippen LogP) is 5.39. The SMILES string of the molecule is COC(=O)c1sc(NC(=O)CSc2nc3sc4c(c3c(=O)n2-c2ccccc2)CCCCC4)c(C(=O)OC)c1C. The Labute approximate surface area is 242 Å². The number of hydrogen-bond donors (Lipinski definition) is 1. The van der Waals surface area contributed by atoms with Crippen molar-refractivity contribution in [1.82, 2.24) is 9.55 Å². The van der Waals surface area contributed by atoms with E-state index in [0.717, 1.165) is 60.8 Å². The third kappa shape index (κ3) is 5.30. The van der Waals surface area contributed by atoms with Gasteiger partial charge in [-0.15, -0.1) is 22.7 Å². The number of esters is 2. The Bertz CT molecular complexity index is 1670. The van der Waals surface area contributed by atoms with Crippen LogP contribution < -0.4 is 10.9 Å². The van der Waals surface area contributed by atoms with Crippen molar-refractivity contribution in [1.29, 1.82) is 0 Å². The van der Waals surface area contributed by atoms with Gasteiger partial charge in [-0.1, -0.05) is 36.4 Å². The third-order valence-electron chi connectivity index (χ3n) is 6.71. The van der Waals surface area contributed by atoms with Crippen LogP contribution in [0.5, 0.6) is 0 Å². The van der Waals surface area contributed by atoms with E-state index in [4.69, 9.17) is 14.5 Å². The first-order chi connectivity index (χ1) is 19.3. The van der Waals surface area contributed by atoms with Gasteiger partial charge in [-0.2, -0.15) is 0 Å². The van der Waals surface area contributed by atoms with E-state index in [9.17, 15) is 19.2 Å². The maximum atomic E-state index is 13.9. The van der Waals surface area contributed by atoms with Gasteiger partial charge < -0.3 is 14.8 Å². The number of aryl methyl sites for hydroxylation is 2. The molecule has 3 heterocycles. The summed E-state index contributed by atoms with van der Waals surface area (Å²) >= 11 is 3.65. The molecule has 0 saturated heterocycles. The first kappa shape index (κ1) is 28.1. The molecule has 0 atom stereocenters. The lowest BCUT2D eigenvalue weighted by Crippen LogP contribution is -2.23. The van der Waals surface area contributed by atoms with Gasteiger partial charge in [-0.05, 0) is 55.9 Å². The minimum Gasteiger partial charge on any atom is -0.465 e. The molecule has 40 heavy (non-hydrogen) atoms. The number of ether oxygens (including phenoxy) is 2.